The number of hydrogen-bond donors (Lipinski definition) is 1. The monoisotopic (exact) mass is 427 g/mol. The third kappa shape index (κ3) is 4.63. The van der Waals surface area contributed by atoms with Crippen molar-refractivity contribution in [2.24, 2.45) is 5.73 Å². The average Bonchev–Trinajstić information content (AvgIpc) is 3.22. The Balaban J connectivity index is 1.49. The zero-order valence-corrected chi connectivity index (χ0v) is 16.5. The van der Waals surface area contributed by atoms with Gasteiger partial charge >= 0.3 is 6.18 Å². The highest BCUT2D eigenvalue weighted by molar-refractivity contribution is 6.00. The minimum atomic E-state index is -4.44. The summed E-state index contributed by atoms with van der Waals surface area (Å²) in [4.78, 5) is 17.9. The van der Waals surface area contributed by atoms with E-state index in [2.05, 4.69) is 4.98 Å². The Labute approximate surface area is 177 Å². The van der Waals surface area contributed by atoms with E-state index in [-0.39, 0.29) is 12.0 Å². The fraction of sp³-hybridized carbons (Fsp3) is 0.217. The SMILES string of the molecule is NC(=O)c1cc(-c2ccccc2)ccc1N1CCC(Oc2ccc(C(F)(F)F)cn2)C1. The Hall–Kier alpha value is -3.55. The van der Waals surface area contributed by atoms with E-state index in [1.165, 1.54) is 6.07 Å². The number of alkyl halides is 3. The van der Waals surface area contributed by atoms with Crippen LogP contribution in [-0.4, -0.2) is 30.1 Å². The standard InChI is InChI=1S/C23H20F3N3O2/c24-23(25,26)17-7-9-21(28-13-17)31-18-10-11-29(14-18)20-8-6-16(12-19(20)22(27)30)15-4-2-1-3-5-15/h1-9,12-13,18H,10-11,14H2,(H2,27,30). The van der Waals surface area contributed by atoms with Crippen LogP contribution in [0.1, 0.15) is 22.3 Å². The van der Waals surface area contributed by atoms with Gasteiger partial charge in [0.05, 0.1) is 17.7 Å². The number of amides is 1. The molecule has 1 atom stereocenters. The summed E-state index contributed by atoms with van der Waals surface area (Å²) in [5, 5.41) is 0. The molecule has 1 unspecified atom stereocenters. The van der Waals surface area contributed by atoms with E-state index < -0.39 is 17.6 Å². The van der Waals surface area contributed by atoms with Crippen molar-refractivity contribution in [2.75, 3.05) is 18.0 Å². The number of anilines is 1. The molecule has 0 bridgehead atoms. The lowest BCUT2D eigenvalue weighted by atomic mass is 10.0. The Morgan fingerprint density at radius 3 is 2.48 bits per heavy atom. The number of pyridine rings is 1. The number of halogens is 3. The summed E-state index contributed by atoms with van der Waals surface area (Å²) in [6.45, 7) is 1.09. The van der Waals surface area contributed by atoms with Crippen molar-refractivity contribution in [1.29, 1.82) is 0 Å². The molecule has 8 heteroatoms. The van der Waals surface area contributed by atoms with Crippen LogP contribution >= 0.6 is 0 Å². The zero-order valence-electron chi connectivity index (χ0n) is 16.5. The van der Waals surface area contributed by atoms with Crippen molar-refractivity contribution < 1.29 is 22.7 Å². The smallest absolute Gasteiger partial charge is 0.417 e. The summed E-state index contributed by atoms with van der Waals surface area (Å²) < 4.78 is 43.8. The van der Waals surface area contributed by atoms with Crippen LogP contribution in [0.15, 0.2) is 66.9 Å². The van der Waals surface area contributed by atoms with E-state index in [4.69, 9.17) is 10.5 Å². The van der Waals surface area contributed by atoms with Crippen LogP contribution in [0, 0.1) is 0 Å². The molecule has 1 aliphatic heterocycles. The molecule has 2 heterocycles. The predicted octanol–water partition coefficient (Wildman–Crippen LogP) is 4.52. The van der Waals surface area contributed by atoms with E-state index in [1.54, 1.807) is 6.07 Å². The third-order valence-electron chi connectivity index (χ3n) is 5.21. The quantitative estimate of drug-likeness (QED) is 0.650. The van der Waals surface area contributed by atoms with Crippen LogP contribution in [-0.2, 0) is 6.18 Å². The highest BCUT2D eigenvalue weighted by Crippen LogP contribution is 2.32. The van der Waals surface area contributed by atoms with Crippen LogP contribution in [0.3, 0.4) is 0 Å². The second-order valence-corrected chi connectivity index (χ2v) is 7.32. The number of nitrogens with two attached hydrogens (primary N) is 1. The molecule has 3 aromatic rings. The van der Waals surface area contributed by atoms with Gasteiger partial charge < -0.3 is 15.4 Å². The summed E-state index contributed by atoms with van der Waals surface area (Å²) in [6, 6.07) is 17.4. The number of nitrogens with zero attached hydrogens (tertiary/aromatic N) is 2. The van der Waals surface area contributed by atoms with Crippen molar-refractivity contribution in [1.82, 2.24) is 4.98 Å². The molecule has 5 nitrogen and oxygen atoms in total. The summed E-state index contributed by atoms with van der Waals surface area (Å²) in [5.41, 5.74) is 7.80. The van der Waals surface area contributed by atoms with Gasteiger partial charge in [0.25, 0.3) is 5.91 Å². The number of hydrogen-bond acceptors (Lipinski definition) is 4. The van der Waals surface area contributed by atoms with Gasteiger partial charge in [-0.1, -0.05) is 36.4 Å². The van der Waals surface area contributed by atoms with E-state index >= 15 is 0 Å². The lowest BCUT2D eigenvalue weighted by molar-refractivity contribution is -0.137. The molecule has 4 rings (SSSR count). The number of rotatable bonds is 5. The molecule has 2 aromatic carbocycles. The topological polar surface area (TPSA) is 68.5 Å². The number of ether oxygens (including phenoxy) is 1. The second kappa shape index (κ2) is 8.29. The largest absolute Gasteiger partial charge is 0.472 e. The average molecular weight is 427 g/mol. The van der Waals surface area contributed by atoms with Gasteiger partial charge in [0.2, 0.25) is 5.88 Å². The summed E-state index contributed by atoms with van der Waals surface area (Å²) in [7, 11) is 0. The molecule has 31 heavy (non-hydrogen) atoms. The Morgan fingerprint density at radius 1 is 1.06 bits per heavy atom. The number of carbonyl (C=O) groups is 1. The van der Waals surface area contributed by atoms with Crippen LogP contribution in [0.4, 0.5) is 18.9 Å². The molecule has 1 saturated heterocycles. The zero-order chi connectivity index (χ0) is 22.0. The van der Waals surface area contributed by atoms with E-state index in [9.17, 15) is 18.0 Å². The first kappa shape index (κ1) is 20.7. The summed E-state index contributed by atoms with van der Waals surface area (Å²) in [6.07, 6.45) is -3.30. The first-order valence-electron chi connectivity index (χ1n) is 9.75. The fourth-order valence-corrected chi connectivity index (χ4v) is 3.65. The number of primary amides is 1. The summed E-state index contributed by atoms with van der Waals surface area (Å²) in [5.74, 6) is -0.393. The Kier molecular flexibility index (Phi) is 5.54. The summed E-state index contributed by atoms with van der Waals surface area (Å²) >= 11 is 0. The molecule has 1 aromatic heterocycles. The maximum Gasteiger partial charge on any atom is 0.417 e. The Morgan fingerprint density at radius 2 is 1.84 bits per heavy atom. The molecule has 0 aliphatic carbocycles. The van der Waals surface area contributed by atoms with Crippen molar-refractivity contribution in [3.8, 4) is 17.0 Å². The van der Waals surface area contributed by atoms with Crippen LogP contribution < -0.4 is 15.4 Å². The molecule has 0 spiro atoms. The molecule has 1 fully saturated rings. The predicted molar refractivity (Wildman–Crippen MR) is 111 cm³/mol. The van der Waals surface area contributed by atoms with Crippen LogP contribution in [0.25, 0.3) is 11.1 Å². The molecule has 1 aliphatic rings. The van der Waals surface area contributed by atoms with Gasteiger partial charge in [0.1, 0.15) is 6.10 Å². The maximum atomic E-state index is 12.7. The van der Waals surface area contributed by atoms with E-state index in [0.29, 0.717) is 30.8 Å². The van der Waals surface area contributed by atoms with Crippen molar-refractivity contribution in [3.05, 3.63) is 78.0 Å². The lowest BCUT2D eigenvalue weighted by Crippen LogP contribution is -2.27. The van der Waals surface area contributed by atoms with Gasteiger partial charge in [-0.2, -0.15) is 13.2 Å². The third-order valence-corrected chi connectivity index (χ3v) is 5.21. The molecule has 0 saturated carbocycles. The van der Waals surface area contributed by atoms with E-state index in [1.807, 2.05) is 47.4 Å². The highest BCUT2D eigenvalue weighted by Gasteiger charge is 2.31. The molecule has 1 amide bonds. The molecule has 2 N–H and O–H groups in total. The lowest BCUT2D eigenvalue weighted by Gasteiger charge is -2.22. The molecule has 0 radical (unpaired) electrons. The Bertz CT molecular complexity index is 1070. The minimum Gasteiger partial charge on any atom is -0.472 e. The highest BCUT2D eigenvalue weighted by atomic mass is 19.4. The van der Waals surface area contributed by atoms with Crippen molar-refractivity contribution >= 4 is 11.6 Å². The number of carbonyl (C=O) groups excluding carboxylic acids is 1. The van der Waals surface area contributed by atoms with Gasteiger partial charge in [-0.3, -0.25) is 4.79 Å². The fourth-order valence-electron chi connectivity index (χ4n) is 3.65. The van der Waals surface area contributed by atoms with Gasteiger partial charge in [0.15, 0.2) is 0 Å². The first-order valence-corrected chi connectivity index (χ1v) is 9.75. The maximum absolute atomic E-state index is 12.7. The van der Waals surface area contributed by atoms with Gasteiger partial charge in [-0.15, -0.1) is 0 Å². The first-order chi connectivity index (χ1) is 14.8. The molecular formula is C23H20F3N3O2. The van der Waals surface area contributed by atoms with Crippen molar-refractivity contribution in [3.63, 3.8) is 0 Å². The number of benzene rings is 2. The van der Waals surface area contributed by atoms with E-state index in [0.717, 1.165) is 23.4 Å². The number of aromatic nitrogens is 1. The minimum absolute atomic E-state index is 0.134. The van der Waals surface area contributed by atoms with Gasteiger partial charge in [0, 0.05) is 30.9 Å². The molecular weight excluding hydrogens is 407 g/mol. The van der Waals surface area contributed by atoms with Gasteiger partial charge in [-0.25, -0.2) is 4.98 Å². The molecule has 160 valence electrons. The second-order valence-electron chi connectivity index (χ2n) is 7.32. The van der Waals surface area contributed by atoms with Crippen LogP contribution in [0.5, 0.6) is 5.88 Å². The normalized spacial score (nSPS) is 16.4. The van der Waals surface area contributed by atoms with Crippen molar-refractivity contribution in [2.45, 2.75) is 18.7 Å². The van der Waals surface area contributed by atoms with Gasteiger partial charge in [-0.05, 0) is 29.3 Å². The van der Waals surface area contributed by atoms with Crippen LogP contribution in [0.2, 0.25) is 0 Å².